The molecule has 20 heavy (non-hydrogen) atoms. The Bertz CT molecular complexity index is 616. The van der Waals surface area contributed by atoms with Crippen LogP contribution in [0.4, 0.5) is 5.69 Å². The van der Waals surface area contributed by atoms with Crippen LogP contribution in [0, 0.1) is 10.1 Å². The van der Waals surface area contributed by atoms with E-state index in [9.17, 15) is 10.1 Å². The van der Waals surface area contributed by atoms with Crippen LogP contribution in [-0.2, 0) is 6.61 Å². The molecule has 1 aromatic carbocycles. The van der Waals surface area contributed by atoms with Crippen LogP contribution in [0.2, 0.25) is 5.15 Å². The number of nitro groups is 1. The van der Waals surface area contributed by atoms with Gasteiger partial charge in [0.15, 0.2) is 0 Å². The number of methoxy groups -OCH3 is 1. The molecule has 1 heterocycles. The van der Waals surface area contributed by atoms with Crippen LogP contribution in [0.3, 0.4) is 0 Å². The Morgan fingerprint density at radius 3 is 2.75 bits per heavy atom. The summed E-state index contributed by atoms with van der Waals surface area (Å²) in [6.07, 6.45) is 1.55. The average Bonchev–Trinajstić information content (AvgIpc) is 2.46. The van der Waals surface area contributed by atoms with Crippen molar-refractivity contribution in [3.63, 3.8) is 0 Å². The van der Waals surface area contributed by atoms with E-state index in [2.05, 4.69) is 4.98 Å². The van der Waals surface area contributed by atoms with Crippen molar-refractivity contribution in [2.75, 3.05) is 7.11 Å². The second kappa shape index (κ2) is 6.21. The summed E-state index contributed by atoms with van der Waals surface area (Å²) in [4.78, 5) is 14.3. The zero-order valence-corrected chi connectivity index (χ0v) is 11.3. The van der Waals surface area contributed by atoms with Crippen molar-refractivity contribution >= 4 is 17.3 Å². The fourth-order valence-electron chi connectivity index (χ4n) is 1.54. The first kappa shape index (κ1) is 14.1. The van der Waals surface area contributed by atoms with Gasteiger partial charge in [-0.25, -0.2) is 4.98 Å². The summed E-state index contributed by atoms with van der Waals surface area (Å²) in [5, 5.41) is 11.3. The first-order chi connectivity index (χ1) is 9.60. The molecule has 2 rings (SSSR count). The van der Waals surface area contributed by atoms with Crippen LogP contribution >= 0.6 is 11.6 Å². The number of ether oxygens (including phenoxy) is 2. The number of benzene rings is 1. The van der Waals surface area contributed by atoms with Crippen molar-refractivity contribution < 1.29 is 14.4 Å². The second-order valence-electron chi connectivity index (χ2n) is 3.87. The highest BCUT2D eigenvalue weighted by Gasteiger charge is 2.16. The van der Waals surface area contributed by atoms with Crippen molar-refractivity contribution in [1.82, 2.24) is 4.98 Å². The maximum Gasteiger partial charge on any atom is 0.311 e. The van der Waals surface area contributed by atoms with Gasteiger partial charge in [0.2, 0.25) is 5.75 Å². The predicted molar refractivity (Wildman–Crippen MR) is 73.2 cm³/mol. The van der Waals surface area contributed by atoms with E-state index in [-0.39, 0.29) is 18.0 Å². The van der Waals surface area contributed by atoms with Gasteiger partial charge >= 0.3 is 5.69 Å². The van der Waals surface area contributed by atoms with E-state index in [0.717, 1.165) is 5.56 Å². The summed E-state index contributed by atoms with van der Waals surface area (Å²) in [6.45, 7) is 0.151. The molecule has 0 unspecified atom stereocenters. The number of pyridine rings is 1. The number of nitrogens with zero attached hydrogens (tertiary/aromatic N) is 2. The number of aromatic nitrogens is 1. The molecule has 0 spiro atoms. The fraction of sp³-hybridized carbons (Fsp3) is 0.154. The van der Waals surface area contributed by atoms with Crippen molar-refractivity contribution in [3.05, 3.63) is 57.4 Å². The summed E-state index contributed by atoms with van der Waals surface area (Å²) in [7, 11) is 1.48. The summed E-state index contributed by atoms with van der Waals surface area (Å²) < 4.78 is 10.5. The van der Waals surface area contributed by atoms with Gasteiger partial charge in [-0.1, -0.05) is 17.7 Å². The van der Waals surface area contributed by atoms with Gasteiger partial charge < -0.3 is 9.47 Å². The molecule has 0 radical (unpaired) electrons. The Kier molecular flexibility index (Phi) is 4.37. The zero-order chi connectivity index (χ0) is 14.5. The fourth-order valence-corrected chi connectivity index (χ4v) is 1.65. The SMILES string of the molecule is COc1ccc([N+](=O)[O-])c(OCc2ccc(Cl)nc2)c1. The summed E-state index contributed by atoms with van der Waals surface area (Å²) in [5.41, 5.74) is 0.638. The molecule has 0 bridgehead atoms. The molecule has 0 aliphatic carbocycles. The van der Waals surface area contributed by atoms with Gasteiger partial charge in [0.05, 0.1) is 12.0 Å². The lowest BCUT2D eigenvalue weighted by atomic mass is 10.2. The molecule has 0 fully saturated rings. The second-order valence-corrected chi connectivity index (χ2v) is 4.26. The summed E-state index contributed by atoms with van der Waals surface area (Å²) in [6, 6.07) is 7.69. The normalized spacial score (nSPS) is 10.1. The minimum Gasteiger partial charge on any atom is -0.497 e. The smallest absolute Gasteiger partial charge is 0.311 e. The van der Waals surface area contributed by atoms with Crippen LogP contribution in [-0.4, -0.2) is 17.0 Å². The van der Waals surface area contributed by atoms with Gasteiger partial charge in [0.1, 0.15) is 17.5 Å². The molecule has 0 aliphatic heterocycles. The van der Waals surface area contributed by atoms with E-state index in [1.165, 1.54) is 25.3 Å². The summed E-state index contributed by atoms with van der Waals surface area (Å²) in [5.74, 6) is 0.629. The van der Waals surface area contributed by atoms with E-state index in [1.54, 1.807) is 18.3 Å². The van der Waals surface area contributed by atoms with Crippen molar-refractivity contribution in [3.8, 4) is 11.5 Å². The van der Waals surface area contributed by atoms with E-state index in [1.807, 2.05) is 0 Å². The highest BCUT2D eigenvalue weighted by Crippen LogP contribution is 2.31. The third-order valence-corrected chi connectivity index (χ3v) is 2.77. The molecular formula is C13H11ClN2O4. The minimum absolute atomic E-state index is 0.118. The first-order valence-electron chi connectivity index (χ1n) is 5.66. The number of rotatable bonds is 5. The molecule has 0 aliphatic rings. The van der Waals surface area contributed by atoms with E-state index in [4.69, 9.17) is 21.1 Å². The lowest BCUT2D eigenvalue weighted by Crippen LogP contribution is -2.00. The van der Waals surface area contributed by atoms with E-state index in [0.29, 0.717) is 10.9 Å². The maximum atomic E-state index is 10.9. The number of hydrogen-bond acceptors (Lipinski definition) is 5. The molecule has 0 amide bonds. The maximum absolute atomic E-state index is 10.9. The first-order valence-corrected chi connectivity index (χ1v) is 6.03. The molecule has 1 aromatic heterocycles. The molecule has 6 nitrogen and oxygen atoms in total. The van der Waals surface area contributed by atoms with Gasteiger partial charge in [-0.05, 0) is 12.1 Å². The van der Waals surface area contributed by atoms with Crippen LogP contribution < -0.4 is 9.47 Å². The number of nitro benzene ring substituents is 1. The highest BCUT2D eigenvalue weighted by atomic mass is 35.5. The van der Waals surface area contributed by atoms with Gasteiger partial charge in [-0.2, -0.15) is 0 Å². The third-order valence-electron chi connectivity index (χ3n) is 2.55. The molecule has 0 atom stereocenters. The van der Waals surface area contributed by atoms with Gasteiger partial charge in [0.25, 0.3) is 0 Å². The van der Waals surface area contributed by atoms with Crippen LogP contribution in [0.25, 0.3) is 0 Å². The van der Waals surface area contributed by atoms with Crippen LogP contribution in [0.5, 0.6) is 11.5 Å². The quantitative estimate of drug-likeness (QED) is 0.481. The molecule has 104 valence electrons. The average molecular weight is 295 g/mol. The Balaban J connectivity index is 2.18. The number of hydrogen-bond donors (Lipinski definition) is 0. The van der Waals surface area contributed by atoms with Crippen molar-refractivity contribution in [2.45, 2.75) is 6.61 Å². The molecule has 0 saturated carbocycles. The van der Waals surface area contributed by atoms with Gasteiger partial charge in [-0.15, -0.1) is 0 Å². The van der Waals surface area contributed by atoms with Gasteiger partial charge in [0, 0.05) is 23.9 Å². The van der Waals surface area contributed by atoms with Crippen LogP contribution in [0.1, 0.15) is 5.56 Å². The molecule has 7 heteroatoms. The van der Waals surface area contributed by atoms with Crippen molar-refractivity contribution in [2.24, 2.45) is 0 Å². The topological polar surface area (TPSA) is 74.5 Å². The summed E-state index contributed by atoms with van der Waals surface area (Å²) >= 11 is 5.68. The predicted octanol–water partition coefficient (Wildman–Crippen LogP) is 3.23. The zero-order valence-electron chi connectivity index (χ0n) is 10.6. The molecule has 2 aromatic rings. The van der Waals surface area contributed by atoms with E-state index < -0.39 is 4.92 Å². The largest absolute Gasteiger partial charge is 0.497 e. The highest BCUT2D eigenvalue weighted by molar-refractivity contribution is 6.29. The molecular weight excluding hydrogens is 284 g/mol. The van der Waals surface area contributed by atoms with Crippen LogP contribution in [0.15, 0.2) is 36.5 Å². The Morgan fingerprint density at radius 1 is 1.35 bits per heavy atom. The minimum atomic E-state index is -0.505. The van der Waals surface area contributed by atoms with Gasteiger partial charge in [-0.3, -0.25) is 10.1 Å². The van der Waals surface area contributed by atoms with E-state index >= 15 is 0 Å². The third kappa shape index (κ3) is 3.36. The Hall–Kier alpha value is -2.34. The lowest BCUT2D eigenvalue weighted by Gasteiger charge is -2.08. The molecule has 0 saturated heterocycles. The Morgan fingerprint density at radius 2 is 2.15 bits per heavy atom. The Labute approximate surface area is 120 Å². The standard InChI is InChI=1S/C13H11ClN2O4/c1-19-10-3-4-11(16(17)18)12(6-10)20-8-9-2-5-13(14)15-7-9/h2-7H,8H2,1H3. The molecule has 0 N–H and O–H groups in total. The number of halogens is 1. The lowest BCUT2D eigenvalue weighted by molar-refractivity contribution is -0.386. The van der Waals surface area contributed by atoms with Crippen molar-refractivity contribution in [1.29, 1.82) is 0 Å². The monoisotopic (exact) mass is 294 g/mol.